The predicted molar refractivity (Wildman–Crippen MR) is 103 cm³/mol. The summed E-state index contributed by atoms with van der Waals surface area (Å²) in [5, 5.41) is 21.4. The molecule has 2 heterocycles. The van der Waals surface area contributed by atoms with Crippen LogP contribution in [-0.4, -0.2) is 46.9 Å². The number of nitrogens with one attached hydrogen (secondary N) is 3. The molecule has 0 bridgehead atoms. The second-order valence-corrected chi connectivity index (χ2v) is 7.49. The van der Waals surface area contributed by atoms with Crippen LogP contribution < -0.4 is 15.8 Å². The molecule has 1 aromatic rings. The lowest BCUT2D eigenvalue weighted by molar-refractivity contribution is 0.276. The second kappa shape index (κ2) is 8.69. The number of pyridine rings is 1. The molecule has 1 aromatic heterocycles. The van der Waals surface area contributed by atoms with Crippen molar-refractivity contribution in [2.75, 3.05) is 25.0 Å². The van der Waals surface area contributed by atoms with Gasteiger partial charge in [0.25, 0.3) is 0 Å². The highest BCUT2D eigenvalue weighted by atomic mass is 32.2. The molecule has 0 radical (unpaired) electrons. The molecule has 6 nitrogen and oxygen atoms in total. The van der Waals surface area contributed by atoms with Crippen molar-refractivity contribution in [3.63, 3.8) is 0 Å². The second-order valence-electron chi connectivity index (χ2n) is 6.84. The smallest absolute Gasteiger partial charge is 0.127 e. The van der Waals surface area contributed by atoms with Gasteiger partial charge in [-0.05, 0) is 57.3 Å². The Bertz CT molecular complexity index is 548. The van der Waals surface area contributed by atoms with Crippen LogP contribution in [0.5, 0.6) is 0 Å². The monoisotopic (exact) mass is 350 g/mol. The lowest BCUT2D eigenvalue weighted by atomic mass is 10.00. The molecule has 1 unspecified atom stereocenters. The van der Waals surface area contributed by atoms with Gasteiger partial charge in [-0.2, -0.15) is 0 Å². The van der Waals surface area contributed by atoms with Crippen molar-refractivity contribution in [3.05, 3.63) is 18.2 Å². The van der Waals surface area contributed by atoms with Crippen molar-refractivity contribution in [2.24, 2.45) is 5.14 Å². The molecule has 0 aromatic carbocycles. The molecule has 0 aliphatic carbocycles. The molecule has 2 rings (SSSR count). The van der Waals surface area contributed by atoms with E-state index in [2.05, 4.69) is 41.3 Å². The summed E-state index contributed by atoms with van der Waals surface area (Å²) in [6, 6.07) is 6.28. The first-order valence-corrected chi connectivity index (χ1v) is 9.50. The van der Waals surface area contributed by atoms with E-state index in [1.807, 2.05) is 18.2 Å². The highest BCUT2D eigenvalue weighted by molar-refractivity contribution is 7.97. The summed E-state index contributed by atoms with van der Waals surface area (Å²) in [5.41, 5.74) is 0.0766. The molecule has 0 saturated carbocycles. The van der Waals surface area contributed by atoms with Crippen molar-refractivity contribution < 1.29 is 0 Å². The summed E-state index contributed by atoms with van der Waals surface area (Å²) in [6.07, 6.45) is 2.91. The summed E-state index contributed by atoms with van der Waals surface area (Å²) in [5.74, 6) is 1.62. The summed E-state index contributed by atoms with van der Waals surface area (Å²) >= 11 is 1.16. The van der Waals surface area contributed by atoms with Gasteiger partial charge in [-0.1, -0.05) is 13.0 Å². The first-order valence-electron chi connectivity index (χ1n) is 8.62. The molecule has 1 aliphatic rings. The van der Waals surface area contributed by atoms with Gasteiger partial charge in [-0.3, -0.25) is 10.5 Å². The summed E-state index contributed by atoms with van der Waals surface area (Å²) in [6.45, 7) is 9.29. The van der Waals surface area contributed by atoms with E-state index in [1.54, 1.807) is 0 Å². The van der Waals surface area contributed by atoms with Gasteiger partial charge < -0.3 is 15.5 Å². The van der Waals surface area contributed by atoms with Crippen LogP contribution >= 0.6 is 11.9 Å². The number of rotatable bonds is 8. The third kappa shape index (κ3) is 5.09. The molecule has 134 valence electrons. The molecule has 1 fully saturated rings. The number of hydrogen-bond acceptors (Lipinski definition) is 6. The van der Waals surface area contributed by atoms with Crippen molar-refractivity contribution in [3.8, 4) is 0 Å². The van der Waals surface area contributed by atoms with E-state index in [1.165, 1.54) is 0 Å². The van der Waals surface area contributed by atoms with Crippen LogP contribution in [-0.2, 0) is 0 Å². The molecule has 1 atom stereocenters. The van der Waals surface area contributed by atoms with Crippen LogP contribution in [0.15, 0.2) is 23.2 Å². The molecule has 0 amide bonds. The van der Waals surface area contributed by atoms with Crippen LogP contribution in [0.2, 0.25) is 0 Å². The Morgan fingerprint density at radius 2 is 2.25 bits per heavy atom. The number of aromatic nitrogens is 1. The Morgan fingerprint density at radius 3 is 2.96 bits per heavy atom. The zero-order chi connectivity index (χ0) is 17.6. The fourth-order valence-corrected chi connectivity index (χ4v) is 3.55. The van der Waals surface area contributed by atoms with E-state index in [0.29, 0.717) is 6.04 Å². The molecule has 0 spiro atoms. The van der Waals surface area contributed by atoms with E-state index in [0.717, 1.165) is 67.5 Å². The van der Waals surface area contributed by atoms with Gasteiger partial charge in [0.2, 0.25) is 0 Å². The highest BCUT2D eigenvalue weighted by Gasteiger charge is 2.38. The lowest BCUT2D eigenvalue weighted by Crippen LogP contribution is -2.42. The van der Waals surface area contributed by atoms with Crippen molar-refractivity contribution >= 4 is 23.6 Å². The molecule has 5 N–H and O–H groups in total. The van der Waals surface area contributed by atoms with Crippen molar-refractivity contribution in [1.82, 2.24) is 15.2 Å². The van der Waals surface area contributed by atoms with E-state index >= 15 is 0 Å². The lowest BCUT2D eigenvalue weighted by Gasteiger charge is -2.33. The number of nitrogens with two attached hydrogens (primary N) is 1. The number of nitrogens with zero attached hydrogens (tertiary/aromatic N) is 2. The van der Waals surface area contributed by atoms with Gasteiger partial charge in [0.05, 0.1) is 5.84 Å². The van der Waals surface area contributed by atoms with Crippen LogP contribution in [0, 0.1) is 5.41 Å². The maximum absolute atomic E-state index is 8.12. The van der Waals surface area contributed by atoms with Crippen LogP contribution in [0.4, 0.5) is 5.82 Å². The highest BCUT2D eigenvalue weighted by Crippen LogP contribution is 2.29. The minimum Gasteiger partial charge on any atom is -0.370 e. The number of hydrogen-bond donors (Lipinski definition) is 4. The Labute approximate surface area is 149 Å². The molecule has 1 aliphatic heterocycles. The van der Waals surface area contributed by atoms with Crippen LogP contribution in [0.3, 0.4) is 0 Å². The third-order valence-corrected chi connectivity index (χ3v) is 4.95. The normalized spacial score (nSPS) is 19.5. The number of anilines is 1. The number of amidine groups is 1. The Morgan fingerprint density at radius 1 is 1.46 bits per heavy atom. The summed E-state index contributed by atoms with van der Waals surface area (Å²) in [7, 11) is 0. The van der Waals surface area contributed by atoms with Crippen molar-refractivity contribution in [1.29, 1.82) is 5.41 Å². The Kier molecular flexibility index (Phi) is 6.89. The van der Waals surface area contributed by atoms with Gasteiger partial charge in [0, 0.05) is 31.1 Å². The SMILES string of the molecule is CCC(=N)N1CC(NCCCNc2cccc(SN)n2)CC1(C)C. The van der Waals surface area contributed by atoms with E-state index in [-0.39, 0.29) is 5.54 Å². The van der Waals surface area contributed by atoms with Crippen LogP contribution in [0.25, 0.3) is 0 Å². The molecule has 24 heavy (non-hydrogen) atoms. The minimum atomic E-state index is 0.0766. The maximum atomic E-state index is 8.12. The Hall–Kier alpha value is -1.31. The first-order chi connectivity index (χ1) is 11.5. The molecular weight excluding hydrogens is 320 g/mol. The fraction of sp³-hybridized carbons (Fsp3) is 0.647. The van der Waals surface area contributed by atoms with Gasteiger partial charge in [-0.15, -0.1) is 0 Å². The minimum absolute atomic E-state index is 0.0766. The molecular formula is C17H30N6S. The van der Waals surface area contributed by atoms with Gasteiger partial charge in [0.1, 0.15) is 10.8 Å². The van der Waals surface area contributed by atoms with E-state index < -0.39 is 0 Å². The zero-order valence-corrected chi connectivity index (χ0v) is 15.7. The van der Waals surface area contributed by atoms with Gasteiger partial charge in [-0.25, -0.2) is 4.98 Å². The van der Waals surface area contributed by atoms with Crippen molar-refractivity contribution in [2.45, 2.75) is 56.6 Å². The van der Waals surface area contributed by atoms with Crippen LogP contribution in [0.1, 0.15) is 40.0 Å². The van der Waals surface area contributed by atoms with E-state index in [9.17, 15) is 0 Å². The average molecular weight is 351 g/mol. The van der Waals surface area contributed by atoms with Gasteiger partial charge >= 0.3 is 0 Å². The topological polar surface area (TPSA) is 90.1 Å². The zero-order valence-electron chi connectivity index (χ0n) is 14.9. The average Bonchev–Trinajstić information content (AvgIpc) is 2.88. The molecule has 1 saturated heterocycles. The molecule has 7 heteroatoms. The third-order valence-electron chi connectivity index (χ3n) is 4.48. The van der Waals surface area contributed by atoms with Gasteiger partial charge in [0.15, 0.2) is 0 Å². The summed E-state index contributed by atoms with van der Waals surface area (Å²) in [4.78, 5) is 6.64. The predicted octanol–water partition coefficient (Wildman–Crippen LogP) is 2.68. The standard InChI is InChI=1S/C17H30N6S/c1-4-14(18)23-12-13(11-17(23,2)3)20-9-6-10-21-15-7-5-8-16(22-15)24-19/h5,7-8,13,18,20H,4,6,9-12,19H2,1-3H3,(H,21,22). The van der Waals surface area contributed by atoms with E-state index in [4.69, 9.17) is 10.5 Å². The quantitative estimate of drug-likeness (QED) is 0.249. The maximum Gasteiger partial charge on any atom is 0.127 e. The fourth-order valence-electron chi connectivity index (χ4n) is 3.24. The first kappa shape index (κ1) is 19.0. The number of likely N-dealkylation sites (tertiary alicyclic amines) is 1. The summed E-state index contributed by atoms with van der Waals surface area (Å²) < 4.78 is 0. The largest absolute Gasteiger partial charge is 0.370 e. The Balaban J connectivity index is 1.68.